The minimum atomic E-state index is -1.82. The Morgan fingerprint density at radius 1 is 1.03 bits per heavy atom. The second-order valence-electron chi connectivity index (χ2n) is 6.73. The van der Waals surface area contributed by atoms with Crippen molar-refractivity contribution in [2.45, 2.75) is 26.2 Å². The lowest BCUT2D eigenvalue weighted by Crippen LogP contribution is -2.34. The van der Waals surface area contributed by atoms with Gasteiger partial charge < -0.3 is 14.9 Å². The third-order valence-electron chi connectivity index (χ3n) is 4.37. The first-order valence-electron chi connectivity index (χ1n) is 9.74. The average molecular weight is 413 g/mol. The van der Waals surface area contributed by atoms with Crippen LogP contribution in [0.15, 0.2) is 53.5 Å². The number of nitrogens with two attached hydrogens (primary N) is 1. The molecular weight excluding hydrogens is 386 g/mol. The van der Waals surface area contributed by atoms with E-state index in [0.29, 0.717) is 0 Å². The predicted molar refractivity (Wildman–Crippen MR) is 114 cm³/mol. The van der Waals surface area contributed by atoms with Crippen molar-refractivity contribution in [1.82, 2.24) is 5.01 Å². The molecule has 3 rings (SSSR count). The number of carbonyl (C=O) groups is 2. The quantitative estimate of drug-likeness (QED) is 0.362. The Morgan fingerprint density at radius 2 is 1.60 bits per heavy atom. The fourth-order valence-corrected chi connectivity index (χ4v) is 2.76. The van der Waals surface area contributed by atoms with Crippen LogP contribution in [0.4, 0.5) is 0 Å². The van der Waals surface area contributed by atoms with E-state index >= 15 is 0 Å². The molecule has 0 saturated carbocycles. The van der Waals surface area contributed by atoms with Crippen LogP contribution in [0.25, 0.3) is 0 Å². The van der Waals surface area contributed by atoms with Gasteiger partial charge in [-0.25, -0.2) is 15.4 Å². The Balaban J connectivity index is 0.000000469. The van der Waals surface area contributed by atoms with Crippen molar-refractivity contribution in [3.05, 3.63) is 65.2 Å². The molecule has 0 unspecified atom stereocenters. The van der Waals surface area contributed by atoms with E-state index in [2.05, 4.69) is 60.4 Å². The number of benzene rings is 2. The summed E-state index contributed by atoms with van der Waals surface area (Å²) >= 11 is 0. The highest BCUT2D eigenvalue weighted by atomic mass is 16.5. The molecule has 0 aliphatic carbocycles. The van der Waals surface area contributed by atoms with Crippen molar-refractivity contribution < 1.29 is 24.5 Å². The van der Waals surface area contributed by atoms with Gasteiger partial charge in [0.15, 0.2) is 0 Å². The van der Waals surface area contributed by atoms with Gasteiger partial charge in [-0.05, 0) is 36.1 Å². The number of amidine groups is 1. The summed E-state index contributed by atoms with van der Waals surface area (Å²) in [7, 11) is 0. The highest BCUT2D eigenvalue weighted by Gasteiger charge is 2.14. The Morgan fingerprint density at radius 3 is 2.07 bits per heavy atom. The zero-order valence-electron chi connectivity index (χ0n) is 17.0. The van der Waals surface area contributed by atoms with Gasteiger partial charge in [0, 0.05) is 5.56 Å². The van der Waals surface area contributed by atoms with Crippen LogP contribution < -0.4 is 10.6 Å². The standard InChI is InChI=1S/C20H25N3O.C2H2O4/c1-2-3-14-24-19-10-6-17(7-11-19)15-16-4-8-18(9-5-16)20-22-12-13-23(20)21;3-1(4)2(5)6/h4-11H,2-3,12-15,21H2,1H3;(H,3,4)(H,5,6). The van der Waals surface area contributed by atoms with E-state index in [4.69, 9.17) is 30.4 Å². The maximum absolute atomic E-state index is 9.10. The Kier molecular flexibility index (Phi) is 8.83. The van der Waals surface area contributed by atoms with Crippen LogP contribution in [-0.2, 0) is 16.0 Å². The summed E-state index contributed by atoms with van der Waals surface area (Å²) in [6, 6.07) is 16.9. The number of rotatable bonds is 7. The van der Waals surface area contributed by atoms with Gasteiger partial charge in [-0.1, -0.05) is 49.7 Å². The summed E-state index contributed by atoms with van der Waals surface area (Å²) in [4.78, 5) is 22.6. The van der Waals surface area contributed by atoms with Crippen LogP contribution in [0.2, 0.25) is 0 Å². The van der Waals surface area contributed by atoms with Gasteiger partial charge in [-0.15, -0.1) is 0 Å². The molecule has 8 nitrogen and oxygen atoms in total. The van der Waals surface area contributed by atoms with E-state index in [1.807, 2.05) is 0 Å². The van der Waals surface area contributed by atoms with Crippen molar-refractivity contribution in [2.75, 3.05) is 19.7 Å². The first-order valence-corrected chi connectivity index (χ1v) is 9.74. The minimum Gasteiger partial charge on any atom is -0.494 e. The summed E-state index contributed by atoms with van der Waals surface area (Å²) in [5, 5.41) is 16.5. The molecular formula is C22H27N3O5. The van der Waals surface area contributed by atoms with E-state index < -0.39 is 11.9 Å². The van der Waals surface area contributed by atoms with Crippen molar-refractivity contribution in [1.29, 1.82) is 0 Å². The van der Waals surface area contributed by atoms with Gasteiger partial charge in [0.05, 0.1) is 19.7 Å². The highest BCUT2D eigenvalue weighted by Crippen LogP contribution is 2.17. The molecule has 160 valence electrons. The van der Waals surface area contributed by atoms with Crippen LogP contribution in [-0.4, -0.2) is 52.7 Å². The van der Waals surface area contributed by atoms with Crippen molar-refractivity contribution in [2.24, 2.45) is 10.8 Å². The summed E-state index contributed by atoms with van der Waals surface area (Å²) in [6.45, 7) is 4.53. The molecule has 0 saturated heterocycles. The second-order valence-corrected chi connectivity index (χ2v) is 6.73. The monoisotopic (exact) mass is 413 g/mol. The molecule has 30 heavy (non-hydrogen) atoms. The molecule has 0 spiro atoms. The summed E-state index contributed by atoms with van der Waals surface area (Å²) in [5.41, 5.74) is 3.64. The van der Waals surface area contributed by atoms with Crippen LogP contribution in [0.5, 0.6) is 5.75 Å². The minimum absolute atomic E-state index is 0.778. The molecule has 0 atom stereocenters. The number of aliphatic carboxylic acids is 2. The lowest BCUT2D eigenvalue weighted by Gasteiger charge is -2.13. The normalized spacial score (nSPS) is 12.6. The number of hydrogen-bond donors (Lipinski definition) is 3. The lowest BCUT2D eigenvalue weighted by molar-refractivity contribution is -0.159. The zero-order valence-corrected chi connectivity index (χ0v) is 17.0. The molecule has 1 heterocycles. The number of aliphatic imine (C=N–C) groups is 1. The molecule has 1 aliphatic rings. The van der Waals surface area contributed by atoms with E-state index in [-0.39, 0.29) is 0 Å². The van der Waals surface area contributed by atoms with Crippen LogP contribution >= 0.6 is 0 Å². The maximum Gasteiger partial charge on any atom is 0.414 e. The Hall–Kier alpha value is -3.39. The first kappa shape index (κ1) is 22.9. The van der Waals surface area contributed by atoms with Crippen LogP contribution in [0, 0.1) is 0 Å². The van der Waals surface area contributed by atoms with E-state index in [1.165, 1.54) is 11.1 Å². The fraction of sp³-hybridized carbons (Fsp3) is 0.318. The maximum atomic E-state index is 9.10. The molecule has 1 aliphatic heterocycles. The number of carboxylic acids is 2. The van der Waals surface area contributed by atoms with Crippen LogP contribution in [0.3, 0.4) is 0 Å². The largest absolute Gasteiger partial charge is 0.494 e. The van der Waals surface area contributed by atoms with Gasteiger partial charge in [-0.2, -0.15) is 0 Å². The van der Waals surface area contributed by atoms with Gasteiger partial charge in [0.25, 0.3) is 0 Å². The number of nitrogens with zero attached hydrogens (tertiary/aromatic N) is 2. The van der Waals surface area contributed by atoms with Gasteiger partial charge in [-0.3, -0.25) is 10.0 Å². The summed E-state index contributed by atoms with van der Waals surface area (Å²) < 4.78 is 5.70. The highest BCUT2D eigenvalue weighted by molar-refractivity contribution is 6.27. The van der Waals surface area contributed by atoms with E-state index in [1.54, 1.807) is 5.01 Å². The SMILES string of the molecule is CCCCOc1ccc(Cc2ccc(C3=NCCN3N)cc2)cc1.O=C(O)C(=O)O. The molecule has 4 N–H and O–H groups in total. The number of unbranched alkanes of at least 4 members (excludes halogenated alkanes) is 1. The van der Waals surface area contributed by atoms with Crippen molar-refractivity contribution >= 4 is 17.8 Å². The van der Waals surface area contributed by atoms with Gasteiger partial charge in [0.1, 0.15) is 11.6 Å². The van der Waals surface area contributed by atoms with Crippen molar-refractivity contribution in [3.63, 3.8) is 0 Å². The molecule has 0 fully saturated rings. The van der Waals surface area contributed by atoms with Crippen molar-refractivity contribution in [3.8, 4) is 5.75 Å². The van der Waals surface area contributed by atoms with E-state index in [0.717, 1.165) is 56.1 Å². The predicted octanol–water partition coefficient (Wildman–Crippen LogP) is 2.55. The molecule has 8 heteroatoms. The second kappa shape index (κ2) is 11.6. The molecule has 2 aromatic carbocycles. The average Bonchev–Trinajstić information content (AvgIpc) is 3.16. The molecule has 0 aromatic heterocycles. The number of ether oxygens (including phenoxy) is 1. The summed E-state index contributed by atoms with van der Waals surface area (Å²) in [6.07, 6.45) is 3.16. The zero-order chi connectivity index (χ0) is 21.9. The smallest absolute Gasteiger partial charge is 0.414 e. The molecule has 0 amide bonds. The van der Waals surface area contributed by atoms with Gasteiger partial charge in [0.2, 0.25) is 0 Å². The molecule has 0 bridgehead atoms. The number of carboxylic acid groups (broad SMARTS) is 2. The fourth-order valence-electron chi connectivity index (χ4n) is 2.76. The topological polar surface area (TPSA) is 125 Å². The Labute approximate surface area is 175 Å². The summed E-state index contributed by atoms with van der Waals surface area (Å²) in [5.74, 6) is 4.11. The third kappa shape index (κ3) is 7.21. The molecule has 2 aromatic rings. The Bertz CT molecular complexity index is 851. The first-order chi connectivity index (χ1) is 14.4. The lowest BCUT2D eigenvalue weighted by atomic mass is 10.0. The van der Waals surface area contributed by atoms with Crippen LogP contribution in [0.1, 0.15) is 36.5 Å². The number of hydrazine groups is 1. The third-order valence-corrected chi connectivity index (χ3v) is 4.37. The molecule has 0 radical (unpaired) electrons. The van der Waals surface area contributed by atoms with E-state index in [9.17, 15) is 0 Å². The number of hydrogen-bond acceptors (Lipinski definition) is 6. The van der Waals surface area contributed by atoms with Gasteiger partial charge >= 0.3 is 11.9 Å².